The molecule has 0 unspecified atom stereocenters. The minimum Gasteiger partial charge on any atom is -0.324 e. The number of carbonyl (C=O) groups is 2. The highest BCUT2D eigenvalue weighted by atomic mass is 35.5. The molecular formula is C18H19ClN4O4. The summed E-state index contributed by atoms with van der Waals surface area (Å²) in [6, 6.07) is 12.0. The molecule has 2 aromatic carbocycles. The first-order valence-electron chi connectivity index (χ1n) is 8.08. The molecule has 2 aromatic rings. The van der Waals surface area contributed by atoms with Crippen LogP contribution in [0.25, 0.3) is 0 Å². The first kappa shape index (κ1) is 20.3. The Morgan fingerprint density at radius 2 is 1.70 bits per heavy atom. The Hall–Kier alpha value is -2.97. The maximum absolute atomic E-state index is 12.4. The molecular weight excluding hydrogens is 372 g/mol. The summed E-state index contributed by atoms with van der Waals surface area (Å²) in [4.78, 5) is 36.6. The zero-order valence-electron chi connectivity index (χ0n) is 14.8. The van der Waals surface area contributed by atoms with Crippen molar-refractivity contribution in [3.8, 4) is 0 Å². The first-order valence-corrected chi connectivity index (χ1v) is 8.46. The summed E-state index contributed by atoms with van der Waals surface area (Å²) >= 11 is 6.00. The molecule has 0 bridgehead atoms. The van der Waals surface area contributed by atoms with Gasteiger partial charge in [-0.05, 0) is 32.2 Å². The van der Waals surface area contributed by atoms with Crippen LogP contribution in [0.2, 0.25) is 5.02 Å². The minimum absolute atomic E-state index is 0.0588. The molecule has 0 radical (unpaired) electrons. The van der Waals surface area contributed by atoms with Crippen molar-refractivity contribution in [2.75, 3.05) is 24.2 Å². The molecule has 142 valence electrons. The van der Waals surface area contributed by atoms with E-state index in [9.17, 15) is 19.7 Å². The molecule has 27 heavy (non-hydrogen) atoms. The SMILES string of the molecule is C[C@H](C(=O)Nc1ccccc1[N+](=O)[O-])N(C)CC(=O)Nc1ccccc1Cl. The van der Waals surface area contributed by atoms with Crippen LogP contribution in [-0.4, -0.2) is 41.3 Å². The molecule has 2 amide bonds. The molecule has 0 aromatic heterocycles. The zero-order chi connectivity index (χ0) is 20.0. The number of carbonyl (C=O) groups excluding carboxylic acids is 2. The van der Waals surface area contributed by atoms with Gasteiger partial charge in [0.1, 0.15) is 5.69 Å². The lowest BCUT2D eigenvalue weighted by Crippen LogP contribution is -2.43. The van der Waals surface area contributed by atoms with Crippen molar-refractivity contribution in [2.45, 2.75) is 13.0 Å². The summed E-state index contributed by atoms with van der Waals surface area (Å²) < 4.78 is 0. The lowest BCUT2D eigenvalue weighted by molar-refractivity contribution is -0.383. The van der Waals surface area contributed by atoms with Gasteiger partial charge in [-0.25, -0.2) is 0 Å². The predicted octanol–water partition coefficient (Wildman–Crippen LogP) is 3.15. The van der Waals surface area contributed by atoms with E-state index in [0.717, 1.165) is 0 Å². The number of nitro groups is 1. The summed E-state index contributed by atoms with van der Waals surface area (Å²) in [6.45, 7) is 1.55. The van der Waals surface area contributed by atoms with Crippen molar-refractivity contribution in [2.24, 2.45) is 0 Å². The highest BCUT2D eigenvalue weighted by Gasteiger charge is 2.23. The highest BCUT2D eigenvalue weighted by molar-refractivity contribution is 6.33. The van der Waals surface area contributed by atoms with Crippen LogP contribution in [0.5, 0.6) is 0 Å². The third kappa shape index (κ3) is 5.50. The first-order chi connectivity index (χ1) is 12.8. The predicted molar refractivity (Wildman–Crippen MR) is 104 cm³/mol. The lowest BCUT2D eigenvalue weighted by Gasteiger charge is -2.23. The molecule has 0 spiro atoms. The second kappa shape index (κ2) is 9.11. The number of nitro benzene ring substituents is 1. The fourth-order valence-electron chi connectivity index (χ4n) is 2.29. The second-order valence-electron chi connectivity index (χ2n) is 5.88. The summed E-state index contributed by atoms with van der Waals surface area (Å²) in [5, 5.41) is 16.7. The number of hydrogen-bond acceptors (Lipinski definition) is 5. The van der Waals surface area contributed by atoms with Gasteiger partial charge in [-0.15, -0.1) is 0 Å². The smallest absolute Gasteiger partial charge is 0.292 e. The summed E-state index contributed by atoms with van der Waals surface area (Å²) in [5.41, 5.74) is 0.389. The summed E-state index contributed by atoms with van der Waals surface area (Å²) in [7, 11) is 1.61. The van der Waals surface area contributed by atoms with Crippen LogP contribution in [0.1, 0.15) is 6.92 Å². The molecule has 0 aliphatic rings. The van der Waals surface area contributed by atoms with E-state index in [1.807, 2.05) is 0 Å². The fraction of sp³-hybridized carbons (Fsp3) is 0.222. The number of likely N-dealkylation sites (N-methyl/N-ethyl adjacent to an activating group) is 1. The number of nitrogens with one attached hydrogen (secondary N) is 2. The van der Waals surface area contributed by atoms with Gasteiger partial charge in [0.15, 0.2) is 0 Å². The molecule has 2 N–H and O–H groups in total. The maximum Gasteiger partial charge on any atom is 0.292 e. The monoisotopic (exact) mass is 390 g/mol. The van der Waals surface area contributed by atoms with E-state index in [4.69, 9.17) is 11.6 Å². The van der Waals surface area contributed by atoms with Crippen molar-refractivity contribution < 1.29 is 14.5 Å². The molecule has 0 saturated carbocycles. The van der Waals surface area contributed by atoms with Crippen molar-refractivity contribution >= 4 is 40.5 Å². The molecule has 0 saturated heterocycles. The van der Waals surface area contributed by atoms with Crippen molar-refractivity contribution in [1.29, 1.82) is 0 Å². The normalized spacial score (nSPS) is 11.7. The third-order valence-electron chi connectivity index (χ3n) is 3.94. The maximum atomic E-state index is 12.4. The van der Waals surface area contributed by atoms with Crippen LogP contribution in [0.4, 0.5) is 17.1 Å². The summed E-state index contributed by atoms with van der Waals surface area (Å²) in [6.07, 6.45) is 0. The van der Waals surface area contributed by atoms with Gasteiger partial charge in [0.2, 0.25) is 11.8 Å². The number of anilines is 2. The van der Waals surface area contributed by atoms with Crippen LogP contribution >= 0.6 is 11.6 Å². The lowest BCUT2D eigenvalue weighted by atomic mass is 10.2. The van der Waals surface area contributed by atoms with E-state index in [1.165, 1.54) is 23.1 Å². The van der Waals surface area contributed by atoms with Crippen LogP contribution in [0, 0.1) is 10.1 Å². The molecule has 0 fully saturated rings. The average Bonchev–Trinajstić information content (AvgIpc) is 2.63. The van der Waals surface area contributed by atoms with Gasteiger partial charge in [-0.1, -0.05) is 35.9 Å². The quantitative estimate of drug-likeness (QED) is 0.558. The summed E-state index contributed by atoms with van der Waals surface area (Å²) in [5.74, 6) is -0.798. The highest BCUT2D eigenvalue weighted by Crippen LogP contribution is 2.23. The van der Waals surface area contributed by atoms with Gasteiger partial charge in [-0.3, -0.25) is 24.6 Å². The third-order valence-corrected chi connectivity index (χ3v) is 4.27. The molecule has 2 rings (SSSR count). The van der Waals surface area contributed by atoms with Crippen molar-refractivity contribution in [3.05, 3.63) is 63.7 Å². The molecule has 9 heteroatoms. The Labute approximate surface area is 161 Å². The Balaban J connectivity index is 1.97. The van der Waals surface area contributed by atoms with E-state index in [0.29, 0.717) is 10.7 Å². The van der Waals surface area contributed by atoms with Crippen molar-refractivity contribution in [3.63, 3.8) is 0 Å². The molecule has 0 heterocycles. The Bertz CT molecular complexity index is 859. The molecule has 0 aliphatic heterocycles. The van der Waals surface area contributed by atoms with Crippen LogP contribution in [-0.2, 0) is 9.59 Å². The number of amides is 2. The van der Waals surface area contributed by atoms with Crippen LogP contribution < -0.4 is 10.6 Å². The number of nitrogens with zero attached hydrogens (tertiary/aromatic N) is 2. The van der Waals surface area contributed by atoms with E-state index < -0.39 is 16.9 Å². The van der Waals surface area contributed by atoms with E-state index in [-0.39, 0.29) is 23.8 Å². The minimum atomic E-state index is -0.693. The Kier molecular flexibility index (Phi) is 6.86. The van der Waals surface area contributed by atoms with Crippen LogP contribution in [0.3, 0.4) is 0 Å². The van der Waals surface area contributed by atoms with E-state index in [2.05, 4.69) is 10.6 Å². The topological polar surface area (TPSA) is 105 Å². The number of halogens is 1. The molecule has 8 nitrogen and oxygen atoms in total. The largest absolute Gasteiger partial charge is 0.324 e. The van der Waals surface area contributed by atoms with Gasteiger partial charge < -0.3 is 10.6 Å². The van der Waals surface area contributed by atoms with Gasteiger partial charge in [0.25, 0.3) is 5.69 Å². The average molecular weight is 391 g/mol. The molecule has 0 aliphatic carbocycles. The number of benzene rings is 2. The van der Waals surface area contributed by atoms with E-state index in [1.54, 1.807) is 44.3 Å². The van der Waals surface area contributed by atoms with Gasteiger partial charge in [0.05, 0.1) is 28.2 Å². The Morgan fingerprint density at radius 1 is 1.11 bits per heavy atom. The number of hydrogen-bond donors (Lipinski definition) is 2. The standard InChI is InChI=1S/C18H19ClN4O4/c1-12(18(25)21-15-9-5-6-10-16(15)23(26)27)22(2)11-17(24)20-14-8-4-3-7-13(14)19/h3-10,12H,11H2,1-2H3,(H,20,24)(H,21,25)/t12-/m1/s1. The Morgan fingerprint density at radius 3 is 2.33 bits per heavy atom. The van der Waals surface area contributed by atoms with Gasteiger partial charge >= 0.3 is 0 Å². The number of para-hydroxylation sites is 3. The second-order valence-corrected chi connectivity index (χ2v) is 6.29. The van der Waals surface area contributed by atoms with E-state index >= 15 is 0 Å². The number of rotatable bonds is 7. The van der Waals surface area contributed by atoms with Gasteiger partial charge in [0, 0.05) is 6.07 Å². The molecule has 1 atom stereocenters. The van der Waals surface area contributed by atoms with Crippen LogP contribution in [0.15, 0.2) is 48.5 Å². The zero-order valence-corrected chi connectivity index (χ0v) is 15.6. The fourth-order valence-corrected chi connectivity index (χ4v) is 2.47. The van der Waals surface area contributed by atoms with Gasteiger partial charge in [-0.2, -0.15) is 0 Å². The van der Waals surface area contributed by atoms with Crippen molar-refractivity contribution in [1.82, 2.24) is 4.90 Å².